The molecule has 2 N–H and O–H groups in total. The number of amides is 2. The molecule has 7 heteroatoms. The Bertz CT molecular complexity index is 986. The van der Waals surface area contributed by atoms with E-state index in [1.165, 1.54) is 6.20 Å². The number of benzene rings is 1. The Hall–Kier alpha value is -2.86. The van der Waals surface area contributed by atoms with Crippen molar-refractivity contribution in [3.8, 4) is 0 Å². The highest BCUT2D eigenvalue weighted by molar-refractivity contribution is 6.29. The molecule has 1 atom stereocenters. The van der Waals surface area contributed by atoms with E-state index in [9.17, 15) is 9.59 Å². The fraction of sp³-hybridized carbons (Fsp3) is 0.167. The van der Waals surface area contributed by atoms with E-state index < -0.39 is 0 Å². The van der Waals surface area contributed by atoms with E-state index in [-0.39, 0.29) is 17.6 Å². The molecular formula is C18H17ClN4O2. The minimum absolute atomic E-state index is 0.148. The van der Waals surface area contributed by atoms with Crippen molar-refractivity contribution in [1.29, 1.82) is 0 Å². The van der Waals surface area contributed by atoms with Crippen molar-refractivity contribution in [2.24, 2.45) is 0 Å². The van der Waals surface area contributed by atoms with Gasteiger partial charge in [0.05, 0.1) is 6.04 Å². The number of carbonyl (C=O) groups excluding carboxylic acids is 1. The molecule has 2 amide bonds. The van der Waals surface area contributed by atoms with E-state index in [1.54, 1.807) is 36.3 Å². The second-order valence-electron chi connectivity index (χ2n) is 5.70. The zero-order valence-electron chi connectivity index (χ0n) is 13.8. The quantitative estimate of drug-likeness (QED) is 0.700. The standard InChI is InChI=1S/C18H17ClN4O2/c1-11(15-10-21-17(24)14-6-4-3-5-13(14)15)23(2)18(25)22-12-7-8-20-16(19)9-12/h3-11H,1-2H3,(H,21,24)(H,20,22,25)/t11-/m0/s1. The Balaban J connectivity index is 1.87. The van der Waals surface area contributed by atoms with Crippen LogP contribution in [0.2, 0.25) is 5.15 Å². The largest absolute Gasteiger partial charge is 0.328 e. The van der Waals surface area contributed by atoms with E-state index in [0.29, 0.717) is 16.2 Å². The molecule has 0 radical (unpaired) electrons. The first-order valence-corrected chi connectivity index (χ1v) is 8.11. The van der Waals surface area contributed by atoms with Crippen molar-refractivity contribution in [2.45, 2.75) is 13.0 Å². The normalized spacial score (nSPS) is 12.0. The number of pyridine rings is 2. The van der Waals surface area contributed by atoms with Crippen LogP contribution >= 0.6 is 11.6 Å². The number of urea groups is 1. The van der Waals surface area contributed by atoms with Crippen LogP contribution < -0.4 is 10.9 Å². The first kappa shape index (κ1) is 17.0. The molecular weight excluding hydrogens is 340 g/mol. The summed E-state index contributed by atoms with van der Waals surface area (Å²) in [6, 6.07) is 10.0. The number of carbonyl (C=O) groups is 1. The molecule has 0 spiro atoms. The van der Waals surface area contributed by atoms with Gasteiger partial charge in [-0.05, 0) is 36.1 Å². The zero-order chi connectivity index (χ0) is 18.0. The van der Waals surface area contributed by atoms with E-state index in [4.69, 9.17) is 11.6 Å². The highest BCUT2D eigenvalue weighted by Crippen LogP contribution is 2.25. The summed E-state index contributed by atoms with van der Waals surface area (Å²) in [4.78, 5) is 32.7. The van der Waals surface area contributed by atoms with Gasteiger partial charge in [0, 0.05) is 30.5 Å². The molecule has 0 unspecified atom stereocenters. The number of rotatable bonds is 3. The van der Waals surface area contributed by atoms with Gasteiger partial charge in [-0.3, -0.25) is 4.79 Å². The molecule has 6 nitrogen and oxygen atoms in total. The molecule has 0 aliphatic rings. The van der Waals surface area contributed by atoms with Crippen LogP contribution in [0.15, 0.2) is 53.6 Å². The topological polar surface area (TPSA) is 78.1 Å². The molecule has 0 fully saturated rings. The summed E-state index contributed by atoms with van der Waals surface area (Å²) < 4.78 is 0. The number of nitrogens with zero attached hydrogens (tertiary/aromatic N) is 2. The molecule has 3 aromatic rings. The molecule has 25 heavy (non-hydrogen) atoms. The predicted molar refractivity (Wildman–Crippen MR) is 99.0 cm³/mol. The maximum Gasteiger partial charge on any atom is 0.322 e. The van der Waals surface area contributed by atoms with Gasteiger partial charge in [-0.2, -0.15) is 0 Å². The van der Waals surface area contributed by atoms with Crippen LogP contribution in [0.3, 0.4) is 0 Å². The van der Waals surface area contributed by atoms with Crippen LogP contribution in [-0.4, -0.2) is 27.9 Å². The highest BCUT2D eigenvalue weighted by atomic mass is 35.5. The lowest BCUT2D eigenvalue weighted by Gasteiger charge is -2.26. The third-order valence-electron chi connectivity index (χ3n) is 4.17. The van der Waals surface area contributed by atoms with E-state index in [0.717, 1.165) is 10.9 Å². The third-order valence-corrected chi connectivity index (χ3v) is 4.38. The van der Waals surface area contributed by atoms with Crippen molar-refractivity contribution >= 4 is 34.1 Å². The van der Waals surface area contributed by atoms with Crippen LogP contribution in [0.4, 0.5) is 10.5 Å². The lowest BCUT2D eigenvalue weighted by molar-refractivity contribution is 0.208. The molecule has 0 saturated carbocycles. The molecule has 128 valence electrons. The van der Waals surface area contributed by atoms with E-state index in [1.807, 2.05) is 25.1 Å². The van der Waals surface area contributed by atoms with Crippen molar-refractivity contribution < 1.29 is 4.79 Å². The minimum atomic E-state index is -0.287. The Labute approximate surface area is 149 Å². The third kappa shape index (κ3) is 3.49. The van der Waals surface area contributed by atoms with Gasteiger partial charge in [0.15, 0.2) is 0 Å². The van der Waals surface area contributed by atoms with Crippen molar-refractivity contribution in [2.75, 3.05) is 12.4 Å². The number of hydrogen-bond acceptors (Lipinski definition) is 3. The SMILES string of the molecule is C[C@@H](c1c[nH]c(=O)c2ccccc12)N(C)C(=O)Nc1ccnc(Cl)c1. The fourth-order valence-corrected chi connectivity index (χ4v) is 2.83. The zero-order valence-corrected chi connectivity index (χ0v) is 14.5. The maximum absolute atomic E-state index is 12.5. The molecule has 0 saturated heterocycles. The van der Waals surface area contributed by atoms with Gasteiger partial charge in [-0.1, -0.05) is 29.8 Å². The molecule has 0 aliphatic heterocycles. The first-order valence-electron chi connectivity index (χ1n) is 7.73. The second-order valence-corrected chi connectivity index (χ2v) is 6.09. The highest BCUT2D eigenvalue weighted by Gasteiger charge is 2.20. The Morgan fingerprint density at radius 1 is 1.28 bits per heavy atom. The predicted octanol–water partition coefficient (Wildman–Crippen LogP) is 3.80. The van der Waals surface area contributed by atoms with E-state index >= 15 is 0 Å². The number of fused-ring (bicyclic) bond motifs is 1. The summed E-state index contributed by atoms with van der Waals surface area (Å²) >= 11 is 5.84. The molecule has 2 heterocycles. The lowest BCUT2D eigenvalue weighted by Crippen LogP contribution is -2.34. The Morgan fingerprint density at radius 2 is 2.00 bits per heavy atom. The average Bonchev–Trinajstić information content (AvgIpc) is 2.61. The molecule has 2 aromatic heterocycles. The van der Waals surface area contributed by atoms with Gasteiger partial charge >= 0.3 is 6.03 Å². The number of hydrogen-bond donors (Lipinski definition) is 2. The molecule has 0 bridgehead atoms. The number of aromatic amines is 1. The van der Waals surface area contributed by atoms with Crippen LogP contribution in [0.1, 0.15) is 18.5 Å². The number of anilines is 1. The summed E-state index contributed by atoms with van der Waals surface area (Å²) in [7, 11) is 1.70. The van der Waals surface area contributed by atoms with Crippen LogP contribution in [0.25, 0.3) is 10.8 Å². The smallest absolute Gasteiger partial charge is 0.322 e. The molecule has 0 aliphatic carbocycles. The monoisotopic (exact) mass is 356 g/mol. The Kier molecular flexibility index (Phi) is 4.72. The number of nitrogens with one attached hydrogen (secondary N) is 2. The number of aromatic nitrogens is 2. The van der Waals surface area contributed by atoms with Gasteiger partial charge in [0.25, 0.3) is 5.56 Å². The van der Waals surface area contributed by atoms with Gasteiger partial charge < -0.3 is 15.2 Å². The molecule has 1 aromatic carbocycles. The van der Waals surface area contributed by atoms with E-state index in [2.05, 4.69) is 15.3 Å². The van der Waals surface area contributed by atoms with Crippen molar-refractivity contribution in [3.05, 3.63) is 69.9 Å². The second kappa shape index (κ2) is 6.94. The van der Waals surface area contributed by atoms with Gasteiger partial charge in [0.2, 0.25) is 0 Å². The first-order chi connectivity index (χ1) is 12.0. The number of H-pyrrole nitrogens is 1. The lowest BCUT2D eigenvalue weighted by atomic mass is 10.0. The fourth-order valence-electron chi connectivity index (χ4n) is 2.65. The van der Waals surface area contributed by atoms with Crippen LogP contribution in [-0.2, 0) is 0 Å². The summed E-state index contributed by atoms with van der Waals surface area (Å²) in [5, 5.41) is 4.51. The van der Waals surface area contributed by atoms with Gasteiger partial charge in [-0.25, -0.2) is 9.78 Å². The minimum Gasteiger partial charge on any atom is -0.328 e. The average molecular weight is 357 g/mol. The van der Waals surface area contributed by atoms with Gasteiger partial charge in [-0.15, -0.1) is 0 Å². The summed E-state index contributed by atoms with van der Waals surface area (Å²) in [5.74, 6) is 0. The van der Waals surface area contributed by atoms with Crippen LogP contribution in [0, 0.1) is 0 Å². The van der Waals surface area contributed by atoms with Crippen LogP contribution in [0.5, 0.6) is 0 Å². The van der Waals surface area contributed by atoms with Crippen molar-refractivity contribution in [1.82, 2.24) is 14.9 Å². The Morgan fingerprint density at radius 3 is 2.72 bits per heavy atom. The van der Waals surface area contributed by atoms with Gasteiger partial charge in [0.1, 0.15) is 5.15 Å². The van der Waals surface area contributed by atoms with Crippen molar-refractivity contribution in [3.63, 3.8) is 0 Å². The summed E-state index contributed by atoms with van der Waals surface area (Å²) in [6.45, 7) is 1.90. The number of halogens is 1. The summed E-state index contributed by atoms with van der Waals surface area (Å²) in [6.07, 6.45) is 3.18. The maximum atomic E-state index is 12.5. The summed E-state index contributed by atoms with van der Waals surface area (Å²) in [5.41, 5.74) is 1.28. The molecule has 3 rings (SSSR count).